The second kappa shape index (κ2) is 5.81. The number of hydrogen-bond donors (Lipinski definition) is 1. The lowest BCUT2D eigenvalue weighted by Crippen LogP contribution is -2.01. The van der Waals surface area contributed by atoms with Gasteiger partial charge in [-0.15, -0.1) is 0 Å². The lowest BCUT2D eigenvalue weighted by Gasteiger charge is -2.09. The molecule has 2 aromatic carbocycles. The maximum Gasteiger partial charge on any atom is 0.141 e. The highest BCUT2D eigenvalue weighted by molar-refractivity contribution is 9.10. The van der Waals surface area contributed by atoms with Gasteiger partial charge in [-0.25, -0.2) is 8.78 Å². The molecule has 96 valence electrons. The second-order valence-corrected chi connectivity index (χ2v) is 4.67. The predicted octanol–water partition coefficient (Wildman–Crippen LogP) is 4.21. The van der Waals surface area contributed by atoms with Crippen LogP contribution in [-0.2, 0) is 6.54 Å². The number of halogens is 3. The summed E-state index contributed by atoms with van der Waals surface area (Å²) in [7, 11) is 0. The maximum absolute atomic E-state index is 13.3. The van der Waals surface area contributed by atoms with Crippen molar-refractivity contribution >= 4 is 21.6 Å². The van der Waals surface area contributed by atoms with Crippen molar-refractivity contribution in [1.29, 1.82) is 5.26 Å². The minimum Gasteiger partial charge on any atom is -0.381 e. The molecule has 0 aliphatic rings. The molecule has 0 aliphatic heterocycles. The van der Waals surface area contributed by atoms with Gasteiger partial charge in [-0.2, -0.15) is 5.26 Å². The van der Waals surface area contributed by atoms with E-state index in [1.807, 2.05) is 0 Å². The number of hydrogen-bond acceptors (Lipinski definition) is 2. The SMILES string of the molecule is N#Cc1cc(NCc2cccc(F)c2Br)ccc1F. The first-order valence-electron chi connectivity index (χ1n) is 5.48. The molecule has 19 heavy (non-hydrogen) atoms. The predicted molar refractivity (Wildman–Crippen MR) is 72.5 cm³/mol. The monoisotopic (exact) mass is 322 g/mol. The van der Waals surface area contributed by atoms with Crippen LogP contribution in [0.5, 0.6) is 0 Å². The molecule has 0 unspecified atom stereocenters. The van der Waals surface area contributed by atoms with Crippen LogP contribution in [0, 0.1) is 23.0 Å². The lowest BCUT2D eigenvalue weighted by atomic mass is 10.2. The fraction of sp³-hybridized carbons (Fsp3) is 0.0714. The molecule has 0 saturated carbocycles. The summed E-state index contributed by atoms with van der Waals surface area (Å²) >= 11 is 3.17. The summed E-state index contributed by atoms with van der Waals surface area (Å²) in [6.45, 7) is 0.370. The Kier molecular flexibility index (Phi) is 4.13. The van der Waals surface area contributed by atoms with Gasteiger partial charge in [0.05, 0.1) is 10.0 Å². The van der Waals surface area contributed by atoms with Crippen LogP contribution in [0.1, 0.15) is 11.1 Å². The fourth-order valence-corrected chi connectivity index (χ4v) is 2.01. The Balaban J connectivity index is 2.15. The number of rotatable bonds is 3. The third-order valence-electron chi connectivity index (χ3n) is 2.60. The maximum atomic E-state index is 13.3. The number of nitrogens with zero attached hydrogens (tertiary/aromatic N) is 1. The summed E-state index contributed by atoms with van der Waals surface area (Å²) in [4.78, 5) is 0. The van der Waals surface area contributed by atoms with Crippen LogP contribution in [0.25, 0.3) is 0 Å². The Morgan fingerprint density at radius 1 is 1.16 bits per heavy atom. The molecule has 0 aromatic heterocycles. The molecular weight excluding hydrogens is 314 g/mol. The normalized spacial score (nSPS) is 10.0. The summed E-state index contributed by atoms with van der Waals surface area (Å²) in [5, 5.41) is 11.8. The highest BCUT2D eigenvalue weighted by Crippen LogP contribution is 2.22. The molecule has 0 saturated heterocycles. The van der Waals surface area contributed by atoms with E-state index in [9.17, 15) is 8.78 Å². The van der Waals surface area contributed by atoms with Crippen LogP contribution in [-0.4, -0.2) is 0 Å². The van der Waals surface area contributed by atoms with E-state index in [2.05, 4.69) is 21.2 Å². The molecule has 2 rings (SSSR count). The molecule has 1 N–H and O–H groups in total. The second-order valence-electron chi connectivity index (χ2n) is 3.87. The highest BCUT2D eigenvalue weighted by atomic mass is 79.9. The molecule has 2 nitrogen and oxygen atoms in total. The molecule has 0 heterocycles. The van der Waals surface area contributed by atoms with Crippen molar-refractivity contribution in [2.24, 2.45) is 0 Å². The molecular formula is C14H9BrF2N2. The highest BCUT2D eigenvalue weighted by Gasteiger charge is 2.06. The zero-order valence-corrected chi connectivity index (χ0v) is 11.3. The molecule has 0 amide bonds. The van der Waals surface area contributed by atoms with Crippen molar-refractivity contribution < 1.29 is 8.78 Å². The van der Waals surface area contributed by atoms with Crippen LogP contribution in [0.4, 0.5) is 14.5 Å². The van der Waals surface area contributed by atoms with Gasteiger partial charge in [-0.1, -0.05) is 12.1 Å². The molecule has 0 bridgehead atoms. The van der Waals surface area contributed by atoms with E-state index in [0.29, 0.717) is 16.7 Å². The van der Waals surface area contributed by atoms with Gasteiger partial charge in [-0.3, -0.25) is 0 Å². The van der Waals surface area contributed by atoms with Crippen molar-refractivity contribution in [1.82, 2.24) is 0 Å². The van der Waals surface area contributed by atoms with Crippen LogP contribution in [0.3, 0.4) is 0 Å². The Morgan fingerprint density at radius 3 is 2.68 bits per heavy atom. The molecule has 2 aromatic rings. The molecule has 0 fully saturated rings. The van der Waals surface area contributed by atoms with Gasteiger partial charge in [0.2, 0.25) is 0 Å². The van der Waals surface area contributed by atoms with E-state index >= 15 is 0 Å². The molecule has 0 atom stereocenters. The van der Waals surface area contributed by atoms with E-state index in [0.717, 1.165) is 5.56 Å². The first-order valence-corrected chi connectivity index (χ1v) is 6.27. The largest absolute Gasteiger partial charge is 0.381 e. The first-order chi connectivity index (χ1) is 9.11. The molecule has 0 radical (unpaired) electrons. The van der Waals surface area contributed by atoms with Crippen molar-refractivity contribution in [3.8, 4) is 6.07 Å². The van der Waals surface area contributed by atoms with Crippen LogP contribution in [0.2, 0.25) is 0 Å². The fourth-order valence-electron chi connectivity index (χ4n) is 1.60. The Hall–Kier alpha value is -1.93. The third kappa shape index (κ3) is 3.09. The van der Waals surface area contributed by atoms with Gasteiger partial charge in [0.15, 0.2) is 0 Å². The molecule has 5 heteroatoms. The Labute approximate surface area is 117 Å². The Morgan fingerprint density at radius 2 is 1.95 bits per heavy atom. The number of benzene rings is 2. The van der Waals surface area contributed by atoms with E-state index in [1.165, 1.54) is 24.3 Å². The van der Waals surface area contributed by atoms with Crippen molar-refractivity contribution in [2.75, 3.05) is 5.32 Å². The van der Waals surface area contributed by atoms with Gasteiger partial charge in [0, 0.05) is 12.2 Å². The first kappa shape index (κ1) is 13.5. The number of nitrogens with one attached hydrogen (secondary N) is 1. The average molecular weight is 323 g/mol. The zero-order valence-electron chi connectivity index (χ0n) is 9.75. The van der Waals surface area contributed by atoms with Crippen LogP contribution in [0.15, 0.2) is 40.9 Å². The minimum atomic E-state index is -0.556. The molecule has 0 aliphatic carbocycles. The standard InChI is InChI=1S/C14H9BrF2N2/c15-14-9(2-1-3-13(14)17)8-19-11-4-5-12(16)10(6-11)7-18/h1-6,19H,8H2. The van der Waals surface area contributed by atoms with E-state index in [4.69, 9.17) is 5.26 Å². The topological polar surface area (TPSA) is 35.8 Å². The minimum absolute atomic E-state index is 0.0247. The number of nitriles is 1. The summed E-state index contributed by atoms with van der Waals surface area (Å²) in [5.74, 6) is -0.892. The van der Waals surface area contributed by atoms with Crippen LogP contribution >= 0.6 is 15.9 Å². The van der Waals surface area contributed by atoms with Gasteiger partial charge in [0.1, 0.15) is 17.7 Å². The third-order valence-corrected chi connectivity index (χ3v) is 3.49. The smallest absolute Gasteiger partial charge is 0.141 e. The quantitative estimate of drug-likeness (QED) is 0.918. The van der Waals surface area contributed by atoms with Crippen molar-refractivity contribution in [3.05, 3.63) is 63.6 Å². The van der Waals surface area contributed by atoms with E-state index in [1.54, 1.807) is 18.2 Å². The van der Waals surface area contributed by atoms with Gasteiger partial charge in [0.25, 0.3) is 0 Å². The summed E-state index contributed by atoms with van der Waals surface area (Å²) < 4.78 is 26.8. The van der Waals surface area contributed by atoms with Crippen LogP contribution < -0.4 is 5.32 Å². The summed E-state index contributed by atoms with van der Waals surface area (Å²) in [6.07, 6.45) is 0. The van der Waals surface area contributed by atoms with Crippen molar-refractivity contribution in [3.63, 3.8) is 0 Å². The van der Waals surface area contributed by atoms with Gasteiger partial charge in [-0.05, 0) is 45.8 Å². The summed E-state index contributed by atoms with van der Waals surface area (Å²) in [5.41, 5.74) is 1.32. The molecule has 0 spiro atoms. The Bertz CT molecular complexity index is 650. The van der Waals surface area contributed by atoms with Gasteiger partial charge < -0.3 is 5.32 Å². The summed E-state index contributed by atoms with van der Waals surface area (Å²) in [6, 6.07) is 10.7. The zero-order chi connectivity index (χ0) is 13.8. The average Bonchev–Trinajstić information content (AvgIpc) is 2.42. The van der Waals surface area contributed by atoms with E-state index in [-0.39, 0.29) is 11.4 Å². The van der Waals surface area contributed by atoms with Crippen molar-refractivity contribution in [2.45, 2.75) is 6.54 Å². The van der Waals surface area contributed by atoms with Gasteiger partial charge >= 0.3 is 0 Å². The number of anilines is 1. The van der Waals surface area contributed by atoms with E-state index < -0.39 is 5.82 Å². The lowest BCUT2D eigenvalue weighted by molar-refractivity contribution is 0.618.